The van der Waals surface area contributed by atoms with Gasteiger partial charge in [0.1, 0.15) is 5.69 Å². The van der Waals surface area contributed by atoms with Crippen molar-refractivity contribution in [3.8, 4) is 0 Å². The Balaban J connectivity index is 0.00000182. The first-order valence-electron chi connectivity index (χ1n) is 8.65. The van der Waals surface area contributed by atoms with E-state index in [0.717, 1.165) is 42.3 Å². The second-order valence-electron chi connectivity index (χ2n) is 6.39. The summed E-state index contributed by atoms with van der Waals surface area (Å²) in [6.07, 6.45) is 2.91. The molecule has 9 heteroatoms. The summed E-state index contributed by atoms with van der Waals surface area (Å²) in [6, 6.07) is 8.27. The molecule has 2 aromatic rings. The highest BCUT2D eigenvalue weighted by atomic mass is 35.5. The summed E-state index contributed by atoms with van der Waals surface area (Å²) in [5.74, 6) is -0.183. The predicted molar refractivity (Wildman–Crippen MR) is 118 cm³/mol. The van der Waals surface area contributed by atoms with E-state index >= 15 is 0 Å². The SMILES string of the molecule is CN1CCC(Nc2ccccc2NC(=O)c2csc(CCN)n2)CC1.Cl.Cl. The molecule has 0 radical (unpaired) electrons. The normalized spacial score (nSPS) is 14.7. The summed E-state index contributed by atoms with van der Waals surface area (Å²) in [6.45, 7) is 2.72. The fraction of sp³-hybridized carbons (Fsp3) is 0.444. The molecule has 27 heavy (non-hydrogen) atoms. The summed E-state index contributed by atoms with van der Waals surface area (Å²) in [5, 5.41) is 9.24. The highest BCUT2D eigenvalue weighted by Crippen LogP contribution is 2.25. The van der Waals surface area contributed by atoms with Gasteiger partial charge in [-0.2, -0.15) is 0 Å². The van der Waals surface area contributed by atoms with E-state index in [0.29, 0.717) is 24.7 Å². The Morgan fingerprint density at radius 2 is 1.93 bits per heavy atom. The van der Waals surface area contributed by atoms with E-state index in [1.807, 2.05) is 24.3 Å². The molecule has 1 aromatic carbocycles. The van der Waals surface area contributed by atoms with Crippen LogP contribution in [-0.4, -0.2) is 48.5 Å². The van der Waals surface area contributed by atoms with Gasteiger partial charge in [0, 0.05) is 17.8 Å². The third-order valence-corrected chi connectivity index (χ3v) is 5.30. The smallest absolute Gasteiger partial charge is 0.275 e. The molecule has 0 bridgehead atoms. The number of anilines is 2. The summed E-state index contributed by atoms with van der Waals surface area (Å²) >= 11 is 1.47. The van der Waals surface area contributed by atoms with Gasteiger partial charge >= 0.3 is 0 Å². The molecule has 4 N–H and O–H groups in total. The molecule has 1 amide bonds. The number of nitrogens with zero attached hydrogens (tertiary/aromatic N) is 2. The lowest BCUT2D eigenvalue weighted by molar-refractivity contribution is 0.102. The van der Waals surface area contributed by atoms with Gasteiger partial charge in [0.05, 0.1) is 16.4 Å². The van der Waals surface area contributed by atoms with Crippen molar-refractivity contribution in [3.63, 3.8) is 0 Å². The number of para-hydroxylation sites is 2. The summed E-state index contributed by atoms with van der Waals surface area (Å²) in [5.41, 5.74) is 7.74. The number of likely N-dealkylation sites (tertiary alicyclic amines) is 1. The maximum atomic E-state index is 12.5. The molecule has 1 fully saturated rings. The first kappa shape index (κ1) is 23.7. The van der Waals surface area contributed by atoms with Crippen molar-refractivity contribution in [1.29, 1.82) is 0 Å². The number of piperidine rings is 1. The largest absolute Gasteiger partial charge is 0.381 e. The Morgan fingerprint density at radius 3 is 2.59 bits per heavy atom. The molecule has 0 spiro atoms. The first-order chi connectivity index (χ1) is 12.2. The number of hydrogen-bond acceptors (Lipinski definition) is 6. The Morgan fingerprint density at radius 1 is 1.26 bits per heavy atom. The van der Waals surface area contributed by atoms with Gasteiger partial charge in [-0.15, -0.1) is 36.2 Å². The van der Waals surface area contributed by atoms with Crippen LogP contribution in [0.25, 0.3) is 0 Å². The molecular weight excluding hydrogens is 405 g/mol. The van der Waals surface area contributed by atoms with Crippen LogP contribution in [0.5, 0.6) is 0 Å². The monoisotopic (exact) mass is 431 g/mol. The molecule has 0 atom stereocenters. The Bertz CT molecular complexity index is 719. The van der Waals surface area contributed by atoms with Gasteiger partial charge in [-0.25, -0.2) is 4.98 Å². The van der Waals surface area contributed by atoms with Gasteiger partial charge in [0.15, 0.2) is 0 Å². The molecule has 3 rings (SSSR count). The molecule has 1 saturated heterocycles. The minimum Gasteiger partial charge on any atom is -0.381 e. The average molecular weight is 432 g/mol. The lowest BCUT2D eigenvalue weighted by Gasteiger charge is -2.30. The second kappa shape index (κ2) is 11.5. The van der Waals surface area contributed by atoms with Crippen LogP contribution in [0.3, 0.4) is 0 Å². The molecule has 1 aliphatic heterocycles. The molecule has 1 aromatic heterocycles. The van der Waals surface area contributed by atoms with Gasteiger partial charge < -0.3 is 21.3 Å². The van der Waals surface area contributed by atoms with Crippen LogP contribution in [0.2, 0.25) is 0 Å². The quantitative estimate of drug-likeness (QED) is 0.653. The zero-order valence-corrected chi connectivity index (χ0v) is 17.8. The fourth-order valence-electron chi connectivity index (χ4n) is 2.93. The Kier molecular flexibility index (Phi) is 10.0. The van der Waals surface area contributed by atoms with E-state index in [2.05, 4.69) is 27.6 Å². The number of nitrogens with one attached hydrogen (secondary N) is 2. The van der Waals surface area contributed by atoms with Crippen molar-refractivity contribution in [3.05, 3.63) is 40.3 Å². The average Bonchev–Trinajstić information content (AvgIpc) is 3.08. The lowest BCUT2D eigenvalue weighted by atomic mass is 10.0. The van der Waals surface area contributed by atoms with Crippen molar-refractivity contribution >= 4 is 53.4 Å². The molecule has 0 unspecified atom stereocenters. The van der Waals surface area contributed by atoms with Crippen LogP contribution in [0.4, 0.5) is 11.4 Å². The van der Waals surface area contributed by atoms with Crippen molar-refractivity contribution in [2.24, 2.45) is 5.73 Å². The van der Waals surface area contributed by atoms with Gasteiger partial charge in [-0.05, 0) is 51.7 Å². The molecule has 0 saturated carbocycles. The number of hydrogen-bond donors (Lipinski definition) is 3. The predicted octanol–water partition coefficient (Wildman–Crippen LogP) is 3.25. The number of halogens is 2. The molecular formula is C18H27Cl2N5OS. The van der Waals surface area contributed by atoms with Gasteiger partial charge in [0.25, 0.3) is 5.91 Å². The number of rotatable bonds is 6. The van der Waals surface area contributed by atoms with E-state index in [4.69, 9.17) is 5.73 Å². The third kappa shape index (κ3) is 6.62. The highest BCUT2D eigenvalue weighted by molar-refractivity contribution is 7.09. The van der Waals surface area contributed by atoms with Crippen molar-refractivity contribution in [2.75, 3.05) is 37.3 Å². The van der Waals surface area contributed by atoms with Crippen LogP contribution in [0.1, 0.15) is 28.3 Å². The van der Waals surface area contributed by atoms with Gasteiger partial charge in [-0.1, -0.05) is 12.1 Å². The summed E-state index contributed by atoms with van der Waals surface area (Å²) in [4.78, 5) is 19.2. The standard InChI is InChI=1S/C18H25N5OS.2ClH/c1-23-10-7-13(8-11-23)20-14-4-2-3-5-15(14)22-18(24)16-12-25-17(21-16)6-9-19;;/h2-5,12-13,20H,6-11,19H2,1H3,(H,22,24);2*1H. The zero-order valence-electron chi connectivity index (χ0n) is 15.3. The minimum atomic E-state index is -0.183. The number of benzene rings is 1. The number of carbonyl (C=O) groups is 1. The Labute approximate surface area is 176 Å². The van der Waals surface area contributed by atoms with Crippen LogP contribution in [0.15, 0.2) is 29.6 Å². The van der Waals surface area contributed by atoms with Gasteiger partial charge in [-0.3, -0.25) is 4.79 Å². The third-order valence-electron chi connectivity index (χ3n) is 4.40. The van der Waals surface area contributed by atoms with Crippen LogP contribution < -0.4 is 16.4 Å². The van der Waals surface area contributed by atoms with Crippen molar-refractivity contribution < 1.29 is 4.79 Å². The maximum Gasteiger partial charge on any atom is 0.275 e. The summed E-state index contributed by atoms with van der Waals surface area (Å²) in [7, 11) is 2.15. The van der Waals surface area contributed by atoms with E-state index < -0.39 is 0 Å². The summed E-state index contributed by atoms with van der Waals surface area (Å²) < 4.78 is 0. The van der Waals surface area contributed by atoms with E-state index in [1.165, 1.54) is 11.3 Å². The van der Waals surface area contributed by atoms with E-state index in [-0.39, 0.29) is 30.7 Å². The number of thiazole rings is 1. The van der Waals surface area contributed by atoms with E-state index in [9.17, 15) is 4.79 Å². The number of nitrogens with two attached hydrogens (primary N) is 1. The second-order valence-corrected chi connectivity index (χ2v) is 7.33. The van der Waals surface area contributed by atoms with Gasteiger partial charge in [0.2, 0.25) is 0 Å². The molecule has 2 heterocycles. The molecule has 150 valence electrons. The van der Waals surface area contributed by atoms with Crippen LogP contribution >= 0.6 is 36.2 Å². The van der Waals surface area contributed by atoms with Crippen LogP contribution in [-0.2, 0) is 6.42 Å². The number of aromatic nitrogens is 1. The number of amides is 1. The first-order valence-corrected chi connectivity index (χ1v) is 9.53. The fourth-order valence-corrected chi connectivity index (χ4v) is 3.72. The lowest BCUT2D eigenvalue weighted by Crippen LogP contribution is -2.36. The topological polar surface area (TPSA) is 83.3 Å². The highest BCUT2D eigenvalue weighted by Gasteiger charge is 2.18. The van der Waals surface area contributed by atoms with Crippen molar-refractivity contribution in [1.82, 2.24) is 9.88 Å². The zero-order chi connectivity index (χ0) is 17.6. The maximum absolute atomic E-state index is 12.5. The Hall–Kier alpha value is -1.38. The van der Waals surface area contributed by atoms with Crippen molar-refractivity contribution in [2.45, 2.75) is 25.3 Å². The minimum absolute atomic E-state index is 0. The van der Waals surface area contributed by atoms with E-state index in [1.54, 1.807) is 5.38 Å². The molecule has 0 aliphatic carbocycles. The van der Waals surface area contributed by atoms with Crippen LogP contribution in [0, 0.1) is 0 Å². The molecule has 6 nitrogen and oxygen atoms in total. The number of carbonyl (C=O) groups excluding carboxylic acids is 1. The molecule has 1 aliphatic rings.